The number of hydrogen-bond donors (Lipinski definition) is 0. The van der Waals surface area contributed by atoms with Gasteiger partial charge in [0.25, 0.3) is 0 Å². The summed E-state index contributed by atoms with van der Waals surface area (Å²) >= 11 is 0. The second kappa shape index (κ2) is 39.4. The standard InChI is InChI=1S/C54H36.C54H68.C42H28/c1-5-18-37(19-6-1)43-32-33-48(49(34-43)40-24-11-4-12-25-40)52-46-28-15-16-29-47(46)54(51-36-42-27-14-13-26-41(42)35-50(51)52)53-44(38-20-7-2-8-21-38)30-17-31-45(53)39-22-9-3-10-23-39;1-49(2,3)35-29-41(51(7,8)9)47(42(30-35)52(10,11)12)45-37-25-21-22-26-38(37)46(40-28-34-24-20-19-23-33(34)27-39(40)45)48-43(53(13,14)15)31-36(50(4,5)6)32-44(48)54(16,17)18;1-4-14-29(15-5-1)34-24-25-37(38(26-34)30-16-6-2-7-17-30)42-36-23-13-12-22-35(36)41(31-18-8-3-9-19-31)39-27-32-20-10-11-21-33(32)28-40(39)42/h1-36H;19-32H,1-18H3;1-28H. The first-order valence-electron chi connectivity index (χ1n) is 53.6. The van der Waals surface area contributed by atoms with Gasteiger partial charge >= 0.3 is 0 Å². The maximum atomic E-state index is 2.54. The van der Waals surface area contributed by atoms with Crippen molar-refractivity contribution >= 4 is 97.0 Å². The first-order valence-corrected chi connectivity index (χ1v) is 53.6. The number of fused-ring (bicyclic) bond motifs is 9. The van der Waals surface area contributed by atoms with Crippen LogP contribution in [-0.4, -0.2) is 0 Å². The van der Waals surface area contributed by atoms with Gasteiger partial charge in [-0.2, -0.15) is 0 Å². The van der Waals surface area contributed by atoms with Crippen LogP contribution in [0.1, 0.15) is 158 Å². The Hall–Kier alpha value is -16.4. The molecule has 0 nitrogen and oxygen atoms in total. The molecular weight excluding hydrogens is 1800 g/mol. The lowest BCUT2D eigenvalue weighted by atomic mass is 9.68. The van der Waals surface area contributed by atoms with Gasteiger partial charge in [0.15, 0.2) is 0 Å². The maximum Gasteiger partial charge on any atom is -0.00137 e. The van der Waals surface area contributed by atoms with Crippen LogP contribution in [0.2, 0.25) is 0 Å². The third-order valence-electron chi connectivity index (χ3n) is 30.9. The van der Waals surface area contributed by atoms with E-state index in [0.717, 1.165) is 0 Å². The Bertz CT molecular complexity index is 8960. The van der Waals surface area contributed by atoms with Crippen molar-refractivity contribution in [2.45, 2.75) is 157 Å². The van der Waals surface area contributed by atoms with E-state index in [4.69, 9.17) is 0 Å². The molecule has 150 heavy (non-hydrogen) atoms. The van der Waals surface area contributed by atoms with E-state index in [1.807, 2.05) is 0 Å². The van der Waals surface area contributed by atoms with Crippen LogP contribution in [-0.2, 0) is 32.5 Å². The first kappa shape index (κ1) is 98.3. The van der Waals surface area contributed by atoms with E-state index in [1.54, 1.807) is 0 Å². The zero-order chi connectivity index (χ0) is 104. The normalized spacial score (nSPS) is 12.2. The van der Waals surface area contributed by atoms with E-state index in [-0.39, 0.29) is 32.5 Å². The SMILES string of the molecule is CC(C)(C)c1cc(C(C)(C)C)c(-c2c3ccccc3c(-c3c(C(C)(C)C)cc(C(C)(C)C)cc3C(C)(C)C)c3cc4ccccc4cc23)c(C(C)(C)C)c1.c1ccc(-c2ccc(-c3c4ccccc4c(-c4c(-c5ccccc5)cccc4-c4ccccc4)c4cc5ccccc5cc34)c(-c3ccccc3)c2)cc1.c1ccc(-c2ccc(-c3c4ccccc4c(-c4ccccc4)c4cc5ccccc5cc34)c(-c3ccccc3)c2)cc1. The molecule has 0 fully saturated rings. The van der Waals surface area contributed by atoms with Crippen molar-refractivity contribution in [2.75, 3.05) is 0 Å². The highest BCUT2D eigenvalue weighted by molar-refractivity contribution is 6.29. The quantitative estimate of drug-likeness (QED) is 0.107. The molecule has 0 saturated heterocycles. The van der Waals surface area contributed by atoms with Gasteiger partial charge in [-0.15, -0.1) is 0 Å². The average Bonchev–Trinajstić information content (AvgIpc) is 0.701. The van der Waals surface area contributed by atoms with E-state index in [2.05, 4.69) is 598 Å². The molecule has 0 aliphatic carbocycles. The van der Waals surface area contributed by atoms with Gasteiger partial charge in [0.05, 0.1) is 0 Å². The van der Waals surface area contributed by atoms with Crippen LogP contribution in [0, 0.1) is 0 Å². The van der Waals surface area contributed by atoms with Gasteiger partial charge < -0.3 is 0 Å². The highest BCUT2D eigenvalue weighted by Gasteiger charge is 2.37. The smallest absolute Gasteiger partial charge is 0.00137 e. The van der Waals surface area contributed by atoms with Gasteiger partial charge in [-0.3, -0.25) is 0 Å². The molecular formula is C150H132. The van der Waals surface area contributed by atoms with Crippen molar-refractivity contribution < 1.29 is 0 Å². The van der Waals surface area contributed by atoms with Crippen LogP contribution in [0.15, 0.2) is 473 Å². The summed E-state index contributed by atoms with van der Waals surface area (Å²) in [5.74, 6) is 0. The zero-order valence-corrected chi connectivity index (χ0v) is 90.0. The van der Waals surface area contributed by atoms with Gasteiger partial charge in [0.2, 0.25) is 0 Å². The molecule has 0 unspecified atom stereocenters. The molecule has 0 amide bonds. The summed E-state index contributed by atoms with van der Waals surface area (Å²) in [7, 11) is 0. The molecule has 0 atom stereocenters. The fraction of sp³-hybridized carbons (Fsp3) is 0.160. The lowest BCUT2D eigenvalue weighted by Crippen LogP contribution is -2.23. The molecule has 0 N–H and O–H groups in total. The van der Waals surface area contributed by atoms with Gasteiger partial charge in [0, 0.05) is 0 Å². The molecule has 0 bridgehead atoms. The van der Waals surface area contributed by atoms with Crippen molar-refractivity contribution in [1.82, 2.24) is 0 Å². The van der Waals surface area contributed by atoms with E-state index in [1.165, 1.54) is 264 Å². The molecule has 24 aromatic carbocycles. The Morgan fingerprint density at radius 3 is 0.573 bits per heavy atom. The van der Waals surface area contributed by atoms with E-state index < -0.39 is 0 Å². The predicted octanol–water partition coefficient (Wildman–Crippen LogP) is 43.2. The summed E-state index contributed by atoms with van der Waals surface area (Å²) in [6, 6.07) is 175. The minimum Gasteiger partial charge on any atom is -0.0622 e. The minimum atomic E-state index is -0.0822. The zero-order valence-electron chi connectivity index (χ0n) is 90.0. The highest BCUT2D eigenvalue weighted by Crippen LogP contribution is 2.58. The number of hydrogen-bond acceptors (Lipinski definition) is 0. The van der Waals surface area contributed by atoms with Gasteiger partial charge in [-0.05, 0) is 345 Å². The molecule has 24 rings (SSSR count). The molecule has 24 aromatic rings. The third-order valence-corrected chi connectivity index (χ3v) is 30.9. The average molecular weight is 1930 g/mol. The topological polar surface area (TPSA) is 0 Å². The van der Waals surface area contributed by atoms with Gasteiger partial charge in [-0.1, -0.05) is 549 Å². The molecule has 0 spiro atoms. The van der Waals surface area contributed by atoms with E-state index in [9.17, 15) is 0 Å². The molecule has 0 heteroatoms. The molecule has 0 saturated carbocycles. The van der Waals surface area contributed by atoms with Crippen LogP contribution in [0.25, 0.3) is 230 Å². The molecule has 0 aliphatic heterocycles. The minimum absolute atomic E-state index is 0.0225. The van der Waals surface area contributed by atoms with Gasteiger partial charge in [0.1, 0.15) is 0 Å². The first-order chi connectivity index (χ1) is 72.3. The molecule has 0 aromatic heterocycles. The summed E-state index contributed by atoms with van der Waals surface area (Å²) in [5.41, 5.74) is 38.4. The van der Waals surface area contributed by atoms with Crippen LogP contribution in [0.3, 0.4) is 0 Å². The molecule has 0 aliphatic rings. The van der Waals surface area contributed by atoms with Crippen LogP contribution in [0.4, 0.5) is 0 Å². The van der Waals surface area contributed by atoms with Crippen molar-refractivity contribution in [2.24, 2.45) is 0 Å². The van der Waals surface area contributed by atoms with Crippen LogP contribution >= 0.6 is 0 Å². The fourth-order valence-corrected chi connectivity index (χ4v) is 23.3. The van der Waals surface area contributed by atoms with Crippen molar-refractivity contribution in [3.63, 3.8) is 0 Å². The van der Waals surface area contributed by atoms with E-state index >= 15 is 0 Å². The molecule has 732 valence electrons. The van der Waals surface area contributed by atoms with E-state index in [0.29, 0.717) is 0 Å². The Kier molecular flexibility index (Phi) is 25.8. The Morgan fingerprint density at radius 2 is 0.313 bits per heavy atom. The van der Waals surface area contributed by atoms with Gasteiger partial charge in [-0.25, -0.2) is 0 Å². The lowest BCUT2D eigenvalue weighted by molar-refractivity contribution is 0.550. The number of rotatable bonds is 12. The third kappa shape index (κ3) is 18.8. The number of benzene rings is 24. The molecule has 0 radical (unpaired) electrons. The van der Waals surface area contributed by atoms with Crippen molar-refractivity contribution in [3.05, 3.63) is 507 Å². The Labute approximate surface area is 887 Å². The van der Waals surface area contributed by atoms with Crippen LogP contribution < -0.4 is 0 Å². The summed E-state index contributed by atoms with van der Waals surface area (Å²) in [6.07, 6.45) is 0. The Balaban J connectivity index is 0.000000128. The predicted molar refractivity (Wildman–Crippen MR) is 654 cm³/mol. The largest absolute Gasteiger partial charge is 0.0622 e. The second-order valence-corrected chi connectivity index (χ2v) is 47.3. The lowest BCUT2D eigenvalue weighted by Gasteiger charge is -2.36. The maximum absolute atomic E-state index is 2.54. The summed E-state index contributed by atoms with van der Waals surface area (Å²) in [4.78, 5) is 0. The van der Waals surface area contributed by atoms with Crippen LogP contribution in [0.5, 0.6) is 0 Å². The summed E-state index contributed by atoms with van der Waals surface area (Å²) < 4.78 is 0. The summed E-state index contributed by atoms with van der Waals surface area (Å²) in [6.45, 7) is 43.0. The molecule has 0 heterocycles. The van der Waals surface area contributed by atoms with Crippen molar-refractivity contribution in [3.8, 4) is 134 Å². The summed E-state index contributed by atoms with van der Waals surface area (Å²) in [5, 5.41) is 22.9. The van der Waals surface area contributed by atoms with Crippen molar-refractivity contribution in [1.29, 1.82) is 0 Å². The fourth-order valence-electron chi connectivity index (χ4n) is 23.3. The Morgan fingerprint density at radius 1 is 0.107 bits per heavy atom. The monoisotopic (exact) mass is 1930 g/mol. The highest BCUT2D eigenvalue weighted by atomic mass is 14.4. The second-order valence-electron chi connectivity index (χ2n) is 47.3.